The molecule has 1 aliphatic heterocycles. The third kappa shape index (κ3) is 0.882. The normalized spacial score (nSPS) is 29.5. The summed E-state index contributed by atoms with van der Waals surface area (Å²) in [5, 5.41) is 0. The second-order valence-corrected chi connectivity index (χ2v) is 3.91. The van der Waals surface area contributed by atoms with Gasteiger partial charge < -0.3 is 0 Å². The summed E-state index contributed by atoms with van der Waals surface area (Å²) >= 11 is 0. The highest BCUT2D eigenvalue weighted by Crippen LogP contribution is 2.46. The van der Waals surface area contributed by atoms with E-state index in [1.807, 2.05) is 0 Å². The summed E-state index contributed by atoms with van der Waals surface area (Å²) in [4.78, 5) is 4.52. The van der Waals surface area contributed by atoms with Gasteiger partial charge in [0.25, 0.3) is 0 Å². The first-order valence-corrected chi connectivity index (χ1v) is 4.31. The number of nitrogens with zero attached hydrogens (tertiary/aromatic N) is 1. The largest absolute Gasteiger partial charge is 0.294 e. The number of hydrogen-bond acceptors (Lipinski definition) is 1. The fourth-order valence-electron chi connectivity index (χ4n) is 1.99. The minimum Gasteiger partial charge on any atom is -0.294 e. The lowest BCUT2D eigenvalue weighted by atomic mass is 9.65. The monoisotopic (exact) mass is 137 g/mol. The molecule has 1 heteroatoms. The van der Waals surface area contributed by atoms with Crippen LogP contribution in [-0.2, 0) is 0 Å². The van der Waals surface area contributed by atoms with Crippen molar-refractivity contribution in [2.45, 2.75) is 39.0 Å². The summed E-state index contributed by atoms with van der Waals surface area (Å²) in [6.45, 7) is 3.30. The molecule has 0 bridgehead atoms. The van der Waals surface area contributed by atoms with E-state index in [4.69, 9.17) is 0 Å². The van der Waals surface area contributed by atoms with Gasteiger partial charge in [0.1, 0.15) is 0 Å². The molecule has 2 rings (SSSR count). The van der Waals surface area contributed by atoms with E-state index in [-0.39, 0.29) is 0 Å². The highest BCUT2D eigenvalue weighted by molar-refractivity contribution is 5.82. The second kappa shape index (κ2) is 2.08. The topological polar surface area (TPSA) is 12.4 Å². The summed E-state index contributed by atoms with van der Waals surface area (Å²) in [5.41, 5.74) is 2.07. The average Bonchev–Trinajstić information content (AvgIpc) is 1.86. The van der Waals surface area contributed by atoms with E-state index in [0.717, 1.165) is 6.54 Å². The van der Waals surface area contributed by atoms with Crippen molar-refractivity contribution in [2.75, 3.05) is 6.54 Å². The van der Waals surface area contributed by atoms with Gasteiger partial charge in [-0.25, -0.2) is 0 Å². The van der Waals surface area contributed by atoms with Gasteiger partial charge in [0.15, 0.2) is 0 Å². The van der Waals surface area contributed by atoms with Crippen molar-refractivity contribution < 1.29 is 0 Å². The Morgan fingerprint density at radius 3 is 2.50 bits per heavy atom. The van der Waals surface area contributed by atoms with Crippen molar-refractivity contribution in [3.8, 4) is 0 Å². The molecule has 0 radical (unpaired) electrons. The fraction of sp³-hybridized carbons (Fsp3) is 0.889. The van der Waals surface area contributed by atoms with Gasteiger partial charge >= 0.3 is 0 Å². The van der Waals surface area contributed by atoms with Gasteiger partial charge in [-0.15, -0.1) is 0 Å². The van der Waals surface area contributed by atoms with Crippen LogP contribution in [0.3, 0.4) is 0 Å². The minimum absolute atomic E-state index is 0.694. The van der Waals surface area contributed by atoms with Gasteiger partial charge in [-0.1, -0.05) is 6.42 Å². The molecule has 1 spiro atoms. The Kier molecular flexibility index (Phi) is 1.33. The third-order valence-electron chi connectivity index (χ3n) is 3.12. The molecule has 1 aliphatic carbocycles. The van der Waals surface area contributed by atoms with Gasteiger partial charge in [-0.2, -0.15) is 0 Å². The molecule has 1 fully saturated rings. The molecular weight excluding hydrogens is 122 g/mol. The smallest absolute Gasteiger partial charge is 0.0445 e. The summed E-state index contributed by atoms with van der Waals surface area (Å²) in [7, 11) is 0. The van der Waals surface area contributed by atoms with Gasteiger partial charge in [-0.05, 0) is 38.0 Å². The molecule has 0 aromatic carbocycles. The van der Waals surface area contributed by atoms with E-state index in [0.29, 0.717) is 5.41 Å². The van der Waals surface area contributed by atoms with Crippen LogP contribution in [0.4, 0.5) is 0 Å². The van der Waals surface area contributed by atoms with Crippen LogP contribution in [0, 0.1) is 5.41 Å². The van der Waals surface area contributed by atoms with Crippen LogP contribution in [0.5, 0.6) is 0 Å². The molecule has 1 nitrogen and oxygen atoms in total. The summed E-state index contributed by atoms with van der Waals surface area (Å²) in [5.74, 6) is 0. The maximum atomic E-state index is 4.52. The Balaban J connectivity index is 2.04. The van der Waals surface area contributed by atoms with Crippen LogP contribution in [0.2, 0.25) is 0 Å². The highest BCUT2D eigenvalue weighted by atomic mass is 14.8. The predicted molar refractivity (Wildman–Crippen MR) is 43.5 cm³/mol. The zero-order valence-electron chi connectivity index (χ0n) is 6.69. The van der Waals surface area contributed by atoms with Crippen molar-refractivity contribution in [1.29, 1.82) is 0 Å². The predicted octanol–water partition coefficient (Wildman–Crippen LogP) is 2.41. The van der Waals surface area contributed by atoms with Gasteiger partial charge in [0, 0.05) is 12.3 Å². The molecule has 1 heterocycles. The van der Waals surface area contributed by atoms with Gasteiger partial charge in [-0.3, -0.25) is 4.99 Å². The van der Waals surface area contributed by atoms with Crippen LogP contribution in [0.25, 0.3) is 0 Å². The molecule has 10 heavy (non-hydrogen) atoms. The van der Waals surface area contributed by atoms with Gasteiger partial charge in [0.2, 0.25) is 0 Å². The lowest BCUT2D eigenvalue weighted by molar-refractivity contribution is 0.129. The molecule has 0 aromatic rings. The molecule has 0 atom stereocenters. The Hall–Kier alpha value is -0.330. The van der Waals surface area contributed by atoms with E-state index in [1.165, 1.54) is 37.8 Å². The Labute approximate surface area is 62.5 Å². The zero-order valence-corrected chi connectivity index (χ0v) is 6.69. The van der Waals surface area contributed by atoms with Crippen LogP contribution in [-0.4, -0.2) is 12.3 Å². The molecular formula is C9H15N. The van der Waals surface area contributed by atoms with E-state index in [2.05, 4.69) is 11.9 Å². The van der Waals surface area contributed by atoms with Crippen LogP contribution in [0.1, 0.15) is 39.0 Å². The molecule has 0 unspecified atom stereocenters. The van der Waals surface area contributed by atoms with Crippen molar-refractivity contribution in [2.24, 2.45) is 10.4 Å². The Morgan fingerprint density at radius 1 is 1.30 bits per heavy atom. The maximum absolute atomic E-state index is 4.52. The summed E-state index contributed by atoms with van der Waals surface area (Å²) in [6.07, 6.45) is 7.03. The molecule has 0 N–H and O–H groups in total. The summed E-state index contributed by atoms with van der Waals surface area (Å²) < 4.78 is 0. The number of aliphatic imine (C=N–C) groups is 1. The average molecular weight is 137 g/mol. The first-order valence-electron chi connectivity index (χ1n) is 4.31. The Bertz CT molecular complexity index is 166. The summed E-state index contributed by atoms with van der Waals surface area (Å²) in [6, 6.07) is 0. The van der Waals surface area contributed by atoms with Crippen molar-refractivity contribution in [3.63, 3.8) is 0 Å². The minimum atomic E-state index is 0.694. The van der Waals surface area contributed by atoms with Crippen molar-refractivity contribution in [1.82, 2.24) is 0 Å². The highest BCUT2D eigenvalue weighted by Gasteiger charge is 2.37. The van der Waals surface area contributed by atoms with E-state index >= 15 is 0 Å². The Morgan fingerprint density at radius 2 is 2.10 bits per heavy atom. The first kappa shape index (κ1) is 6.38. The molecule has 56 valence electrons. The van der Waals surface area contributed by atoms with Crippen molar-refractivity contribution in [3.05, 3.63) is 0 Å². The molecule has 1 saturated carbocycles. The zero-order chi connectivity index (χ0) is 7.03. The van der Waals surface area contributed by atoms with Crippen LogP contribution >= 0.6 is 0 Å². The standard InChI is InChI=1S/C9H15N/c1-8-3-6-9(7-10-8)4-2-5-9/h2-7H2,1H3. The van der Waals surface area contributed by atoms with E-state index in [9.17, 15) is 0 Å². The lowest BCUT2D eigenvalue weighted by Crippen LogP contribution is -2.35. The second-order valence-electron chi connectivity index (χ2n) is 3.91. The third-order valence-corrected chi connectivity index (χ3v) is 3.12. The van der Waals surface area contributed by atoms with Gasteiger partial charge in [0.05, 0.1) is 0 Å². The SMILES string of the molecule is CC1=NCC2(CCC2)CC1. The van der Waals surface area contributed by atoms with E-state index < -0.39 is 0 Å². The van der Waals surface area contributed by atoms with Crippen LogP contribution < -0.4 is 0 Å². The first-order chi connectivity index (χ1) is 4.81. The maximum Gasteiger partial charge on any atom is 0.0445 e. The lowest BCUT2D eigenvalue weighted by Gasteiger charge is -2.43. The number of hydrogen-bond donors (Lipinski definition) is 0. The number of rotatable bonds is 0. The molecule has 0 saturated heterocycles. The quantitative estimate of drug-likeness (QED) is 0.486. The van der Waals surface area contributed by atoms with Crippen molar-refractivity contribution >= 4 is 5.71 Å². The molecule has 2 aliphatic rings. The van der Waals surface area contributed by atoms with Crippen LogP contribution in [0.15, 0.2) is 4.99 Å². The molecule has 0 aromatic heterocycles. The fourth-order valence-corrected chi connectivity index (χ4v) is 1.99. The van der Waals surface area contributed by atoms with E-state index in [1.54, 1.807) is 0 Å². The molecule has 0 amide bonds.